The number of Topliss-reactive ketones (excluding diaryl/α,β-unsaturated/α-hetero) is 1. The Bertz CT molecular complexity index is 1630. The molecule has 1 atom stereocenters. The van der Waals surface area contributed by atoms with E-state index in [1.165, 1.54) is 0 Å². The molecule has 1 aliphatic heterocycles. The van der Waals surface area contributed by atoms with Crippen LogP contribution in [0.5, 0.6) is 11.5 Å². The van der Waals surface area contributed by atoms with Crippen molar-refractivity contribution in [3.63, 3.8) is 0 Å². The molecular weight excluding hydrogens is 566 g/mol. The number of benzene rings is 3. The zero-order valence-electron chi connectivity index (χ0n) is 26.9. The third kappa shape index (κ3) is 7.37. The lowest BCUT2D eigenvalue weighted by atomic mass is 9.75. The predicted octanol–water partition coefficient (Wildman–Crippen LogP) is 7.11. The van der Waals surface area contributed by atoms with Crippen LogP contribution in [0.15, 0.2) is 72.8 Å². The second kappa shape index (κ2) is 13.6. The van der Waals surface area contributed by atoms with Crippen LogP contribution in [0.2, 0.25) is 0 Å². The first-order chi connectivity index (χ1) is 21.6. The minimum atomic E-state index is -0.481. The Morgan fingerprint density at radius 1 is 0.911 bits per heavy atom. The van der Waals surface area contributed by atoms with Crippen LogP contribution >= 0.6 is 0 Å². The molecule has 0 aliphatic carbocycles. The van der Waals surface area contributed by atoms with E-state index in [0.29, 0.717) is 28.6 Å². The van der Waals surface area contributed by atoms with Crippen molar-refractivity contribution in [1.82, 2.24) is 15.1 Å². The molecule has 1 aromatic heterocycles. The van der Waals surface area contributed by atoms with Gasteiger partial charge >= 0.3 is 6.03 Å². The molecule has 3 N–H and O–H groups in total. The quantitative estimate of drug-likeness (QED) is 0.175. The van der Waals surface area contributed by atoms with Crippen molar-refractivity contribution in [2.75, 3.05) is 37.9 Å². The highest BCUT2D eigenvalue weighted by Crippen LogP contribution is 2.39. The number of methoxy groups -OCH3 is 2. The fourth-order valence-electron chi connectivity index (χ4n) is 5.79. The molecule has 9 heteroatoms. The summed E-state index contributed by atoms with van der Waals surface area (Å²) in [5.41, 5.74) is 4.47. The molecular formula is C36H43N5O4. The third-order valence-electron chi connectivity index (χ3n) is 8.32. The van der Waals surface area contributed by atoms with Gasteiger partial charge in [-0.25, -0.2) is 9.48 Å². The summed E-state index contributed by atoms with van der Waals surface area (Å²) < 4.78 is 12.7. The highest BCUT2D eigenvalue weighted by molar-refractivity contribution is 6.04. The fourth-order valence-corrected chi connectivity index (χ4v) is 5.79. The first-order valence-electron chi connectivity index (χ1n) is 15.4. The van der Waals surface area contributed by atoms with Gasteiger partial charge in [-0.15, -0.1) is 0 Å². The number of rotatable bonds is 9. The Kier molecular flexibility index (Phi) is 9.58. The van der Waals surface area contributed by atoms with Crippen molar-refractivity contribution >= 4 is 23.3 Å². The Morgan fingerprint density at radius 2 is 1.56 bits per heavy atom. The van der Waals surface area contributed by atoms with Gasteiger partial charge in [-0.2, -0.15) is 5.10 Å². The highest BCUT2D eigenvalue weighted by Gasteiger charge is 2.34. The van der Waals surface area contributed by atoms with Crippen LogP contribution in [-0.2, 0) is 5.41 Å². The number of amides is 2. The van der Waals surface area contributed by atoms with Gasteiger partial charge in [0.2, 0.25) is 0 Å². The van der Waals surface area contributed by atoms with Gasteiger partial charge < -0.3 is 20.1 Å². The number of nitrogens with one attached hydrogen (secondary N) is 3. The Morgan fingerprint density at radius 3 is 2.18 bits per heavy atom. The van der Waals surface area contributed by atoms with Gasteiger partial charge in [0.1, 0.15) is 17.3 Å². The maximum Gasteiger partial charge on any atom is 0.324 e. The number of piperidine rings is 1. The van der Waals surface area contributed by atoms with Gasteiger partial charge in [-0.1, -0.05) is 56.7 Å². The van der Waals surface area contributed by atoms with E-state index in [1.807, 2.05) is 61.5 Å². The van der Waals surface area contributed by atoms with Crippen molar-refractivity contribution in [2.45, 2.75) is 51.9 Å². The van der Waals surface area contributed by atoms with Crippen molar-refractivity contribution < 1.29 is 19.1 Å². The lowest BCUT2D eigenvalue weighted by Crippen LogP contribution is -2.34. The van der Waals surface area contributed by atoms with Gasteiger partial charge in [0.15, 0.2) is 5.78 Å². The van der Waals surface area contributed by atoms with E-state index in [-0.39, 0.29) is 17.1 Å². The van der Waals surface area contributed by atoms with E-state index < -0.39 is 11.9 Å². The number of carbonyl (C=O) groups excluding carboxylic acids is 2. The molecule has 0 saturated carbocycles. The first-order valence-corrected chi connectivity index (χ1v) is 15.4. The Balaban J connectivity index is 1.48. The monoisotopic (exact) mass is 609 g/mol. The first kappa shape index (κ1) is 31.8. The fraction of sp³-hybridized carbons (Fsp3) is 0.361. The second-order valence-electron chi connectivity index (χ2n) is 12.6. The summed E-state index contributed by atoms with van der Waals surface area (Å²) in [6.07, 6.45) is 1.67. The molecule has 0 spiro atoms. The van der Waals surface area contributed by atoms with Crippen LogP contribution in [0.1, 0.15) is 66.7 Å². The second-order valence-corrected chi connectivity index (χ2v) is 12.6. The number of nitrogens with zero attached hydrogens (tertiary/aromatic N) is 2. The van der Waals surface area contributed by atoms with Crippen LogP contribution in [0, 0.1) is 12.8 Å². The number of aromatic nitrogens is 2. The largest absolute Gasteiger partial charge is 0.497 e. The van der Waals surface area contributed by atoms with E-state index >= 15 is 0 Å². The lowest BCUT2D eigenvalue weighted by Gasteiger charge is -2.31. The molecule has 5 rings (SSSR count). The summed E-state index contributed by atoms with van der Waals surface area (Å²) in [5.74, 6) is 1.21. The standard InChI is InChI=1S/C36H43N5O4/c1-23-11-13-26(14-12-23)41-32(22-31(40-41)36(2,3)4)39-35(43)38-30-10-8-7-9-29(30)33(24-15-17-37-18-16-24)34(42)25-19-27(44-5)21-28(20-25)45-6/h7-14,19-22,24,33,37H,15-18H2,1-6H3,(H2,38,39,43). The number of ketones is 1. The van der Waals surface area contributed by atoms with E-state index in [0.717, 1.165) is 48.4 Å². The summed E-state index contributed by atoms with van der Waals surface area (Å²) in [6, 6.07) is 22.3. The molecule has 0 radical (unpaired) electrons. The normalized spacial score (nSPS) is 14.4. The molecule has 1 unspecified atom stereocenters. The highest BCUT2D eigenvalue weighted by atomic mass is 16.5. The Labute approximate surface area is 265 Å². The third-order valence-corrected chi connectivity index (χ3v) is 8.32. The topological polar surface area (TPSA) is 107 Å². The summed E-state index contributed by atoms with van der Waals surface area (Å²) >= 11 is 0. The summed E-state index contributed by atoms with van der Waals surface area (Å²) in [4.78, 5) is 28.0. The number of anilines is 2. The minimum absolute atomic E-state index is 0.0407. The van der Waals surface area contributed by atoms with Crippen molar-refractivity contribution in [2.24, 2.45) is 5.92 Å². The van der Waals surface area contributed by atoms with E-state index in [1.54, 1.807) is 37.1 Å². The van der Waals surface area contributed by atoms with Gasteiger partial charge in [0.05, 0.1) is 31.5 Å². The van der Waals surface area contributed by atoms with Gasteiger partial charge in [-0.05, 0) is 74.7 Å². The Hall–Kier alpha value is -4.63. The molecule has 3 aromatic carbocycles. The number of urea groups is 1. The maximum absolute atomic E-state index is 14.4. The predicted molar refractivity (Wildman–Crippen MR) is 178 cm³/mol. The molecule has 236 valence electrons. The van der Waals surface area contributed by atoms with Gasteiger partial charge in [-0.3, -0.25) is 10.1 Å². The summed E-state index contributed by atoms with van der Waals surface area (Å²) in [5, 5.41) is 14.3. The molecule has 1 fully saturated rings. The molecule has 9 nitrogen and oxygen atoms in total. The van der Waals surface area contributed by atoms with Crippen molar-refractivity contribution in [3.8, 4) is 17.2 Å². The molecule has 4 aromatic rings. The molecule has 2 amide bonds. The van der Waals surface area contributed by atoms with E-state index in [9.17, 15) is 9.59 Å². The molecule has 2 heterocycles. The van der Waals surface area contributed by atoms with Gasteiger partial charge in [0.25, 0.3) is 0 Å². The average Bonchev–Trinajstić information content (AvgIpc) is 3.46. The number of para-hydroxylation sites is 1. The summed E-state index contributed by atoms with van der Waals surface area (Å²) in [6.45, 7) is 9.94. The molecule has 1 saturated heterocycles. The zero-order valence-corrected chi connectivity index (χ0v) is 26.9. The van der Waals surface area contributed by atoms with Crippen molar-refractivity contribution in [3.05, 3.63) is 95.2 Å². The van der Waals surface area contributed by atoms with Crippen LogP contribution in [0.4, 0.5) is 16.3 Å². The van der Waals surface area contributed by atoms with E-state index in [4.69, 9.17) is 14.6 Å². The molecule has 1 aliphatic rings. The van der Waals surface area contributed by atoms with Crippen LogP contribution in [0.25, 0.3) is 5.69 Å². The van der Waals surface area contributed by atoms with E-state index in [2.05, 4.69) is 36.7 Å². The zero-order chi connectivity index (χ0) is 32.1. The average molecular weight is 610 g/mol. The summed E-state index contributed by atoms with van der Waals surface area (Å²) in [7, 11) is 3.14. The number of aryl methyl sites for hydroxylation is 1. The van der Waals surface area contributed by atoms with Crippen molar-refractivity contribution in [1.29, 1.82) is 0 Å². The smallest absolute Gasteiger partial charge is 0.324 e. The number of ether oxygens (including phenoxy) is 2. The minimum Gasteiger partial charge on any atom is -0.497 e. The molecule has 45 heavy (non-hydrogen) atoms. The number of hydrogen-bond acceptors (Lipinski definition) is 6. The van der Waals surface area contributed by atoms with Crippen LogP contribution in [-0.4, -0.2) is 48.9 Å². The number of hydrogen-bond donors (Lipinski definition) is 3. The molecule has 0 bridgehead atoms. The van der Waals surface area contributed by atoms with Crippen LogP contribution in [0.3, 0.4) is 0 Å². The maximum atomic E-state index is 14.4. The van der Waals surface area contributed by atoms with Gasteiger partial charge in [0, 0.05) is 28.8 Å². The SMILES string of the molecule is COc1cc(OC)cc(C(=O)C(c2ccccc2NC(=O)Nc2cc(C(C)(C)C)nn2-c2ccc(C)cc2)C2CCNCC2)c1. The number of carbonyl (C=O) groups is 2. The lowest BCUT2D eigenvalue weighted by molar-refractivity contribution is 0.0915. The van der Waals surface area contributed by atoms with Crippen LogP contribution < -0.4 is 25.4 Å².